The number of amidine groups is 1. The third-order valence-electron chi connectivity index (χ3n) is 4.55. The second-order valence-electron chi connectivity index (χ2n) is 6.97. The summed E-state index contributed by atoms with van der Waals surface area (Å²) in [4.78, 5) is 9.40. The van der Waals surface area contributed by atoms with Crippen LogP contribution in [-0.2, 0) is 18.1 Å². The van der Waals surface area contributed by atoms with Gasteiger partial charge in [0.1, 0.15) is 18.1 Å². The van der Waals surface area contributed by atoms with Crippen LogP contribution in [0.5, 0.6) is 5.75 Å². The van der Waals surface area contributed by atoms with E-state index in [1.54, 1.807) is 12.4 Å². The van der Waals surface area contributed by atoms with Gasteiger partial charge in [0.25, 0.3) is 0 Å². The lowest BCUT2D eigenvalue weighted by Crippen LogP contribution is -2.13. The SMILES string of the molecule is Cc1ccc(-c2cc(CO/N=C(/N)c3ccc(OCc4cccnc4)cc3)on2)cc1. The Labute approximate surface area is 180 Å². The van der Waals surface area contributed by atoms with Gasteiger partial charge in [0.2, 0.25) is 0 Å². The molecule has 0 aliphatic rings. The summed E-state index contributed by atoms with van der Waals surface area (Å²) in [5, 5.41) is 8.03. The Morgan fingerprint density at radius 1 is 1.03 bits per heavy atom. The van der Waals surface area contributed by atoms with E-state index in [-0.39, 0.29) is 12.4 Å². The van der Waals surface area contributed by atoms with Crippen LogP contribution in [0.3, 0.4) is 0 Å². The second kappa shape index (κ2) is 9.58. The van der Waals surface area contributed by atoms with E-state index in [1.165, 1.54) is 5.56 Å². The molecule has 7 heteroatoms. The van der Waals surface area contributed by atoms with Crippen molar-refractivity contribution in [2.75, 3.05) is 0 Å². The molecule has 0 bridgehead atoms. The van der Waals surface area contributed by atoms with E-state index in [0.29, 0.717) is 12.4 Å². The molecule has 4 aromatic rings. The molecular weight excluding hydrogens is 392 g/mol. The van der Waals surface area contributed by atoms with Gasteiger partial charge in [-0.3, -0.25) is 4.98 Å². The molecule has 2 heterocycles. The van der Waals surface area contributed by atoms with Gasteiger partial charge in [-0.05, 0) is 37.3 Å². The van der Waals surface area contributed by atoms with Gasteiger partial charge >= 0.3 is 0 Å². The smallest absolute Gasteiger partial charge is 0.177 e. The van der Waals surface area contributed by atoms with Crippen LogP contribution < -0.4 is 10.5 Å². The van der Waals surface area contributed by atoms with Crippen molar-refractivity contribution < 1.29 is 14.1 Å². The highest BCUT2D eigenvalue weighted by Crippen LogP contribution is 2.20. The lowest BCUT2D eigenvalue weighted by Gasteiger charge is -2.07. The van der Waals surface area contributed by atoms with E-state index in [4.69, 9.17) is 19.8 Å². The Bertz CT molecular complexity index is 1140. The molecule has 31 heavy (non-hydrogen) atoms. The largest absolute Gasteiger partial charge is 0.489 e. The van der Waals surface area contributed by atoms with Crippen molar-refractivity contribution in [2.45, 2.75) is 20.1 Å². The lowest BCUT2D eigenvalue weighted by molar-refractivity contribution is 0.109. The molecule has 0 aliphatic carbocycles. The van der Waals surface area contributed by atoms with Crippen LogP contribution >= 0.6 is 0 Å². The second-order valence-corrected chi connectivity index (χ2v) is 6.97. The molecule has 2 aromatic carbocycles. The number of ether oxygens (including phenoxy) is 1. The van der Waals surface area contributed by atoms with E-state index in [1.807, 2.05) is 73.7 Å². The summed E-state index contributed by atoms with van der Waals surface area (Å²) in [5.41, 5.74) is 10.7. The first-order valence-corrected chi connectivity index (χ1v) is 9.77. The topological polar surface area (TPSA) is 95.8 Å². The van der Waals surface area contributed by atoms with Gasteiger partial charge in [0.15, 0.2) is 18.2 Å². The van der Waals surface area contributed by atoms with Crippen LogP contribution in [0.15, 0.2) is 88.8 Å². The van der Waals surface area contributed by atoms with Gasteiger partial charge in [0.05, 0.1) is 0 Å². The fourth-order valence-electron chi connectivity index (χ4n) is 2.83. The van der Waals surface area contributed by atoms with Crippen LogP contribution in [0.2, 0.25) is 0 Å². The minimum atomic E-state index is 0.131. The number of nitrogens with two attached hydrogens (primary N) is 1. The minimum absolute atomic E-state index is 0.131. The molecule has 0 atom stereocenters. The molecule has 4 rings (SSSR count). The summed E-state index contributed by atoms with van der Waals surface area (Å²) >= 11 is 0. The zero-order valence-electron chi connectivity index (χ0n) is 17.1. The van der Waals surface area contributed by atoms with Crippen molar-refractivity contribution in [3.05, 3.63) is 102 Å². The van der Waals surface area contributed by atoms with Crippen molar-refractivity contribution >= 4 is 5.84 Å². The molecule has 0 amide bonds. The number of aryl methyl sites for hydroxylation is 1. The fraction of sp³-hybridized carbons (Fsp3) is 0.125. The Morgan fingerprint density at radius 2 is 1.84 bits per heavy atom. The summed E-state index contributed by atoms with van der Waals surface area (Å²) < 4.78 is 11.0. The first-order chi connectivity index (χ1) is 15.2. The number of hydrogen-bond acceptors (Lipinski definition) is 6. The van der Waals surface area contributed by atoms with Gasteiger partial charge in [-0.25, -0.2) is 0 Å². The third-order valence-corrected chi connectivity index (χ3v) is 4.55. The van der Waals surface area contributed by atoms with E-state index in [2.05, 4.69) is 15.3 Å². The highest BCUT2D eigenvalue weighted by Gasteiger charge is 2.07. The number of aromatic nitrogens is 2. The summed E-state index contributed by atoms with van der Waals surface area (Å²) in [6, 6.07) is 21.0. The number of pyridine rings is 1. The molecule has 156 valence electrons. The van der Waals surface area contributed by atoms with Crippen molar-refractivity contribution in [3.63, 3.8) is 0 Å². The quantitative estimate of drug-likeness (QED) is 0.260. The Kier molecular flexibility index (Phi) is 6.23. The molecule has 0 unspecified atom stereocenters. The predicted octanol–water partition coefficient (Wildman–Crippen LogP) is 4.46. The van der Waals surface area contributed by atoms with Crippen molar-refractivity contribution in [3.8, 4) is 17.0 Å². The van der Waals surface area contributed by atoms with Gasteiger partial charge in [-0.15, -0.1) is 0 Å². The zero-order chi connectivity index (χ0) is 21.5. The molecule has 0 aliphatic heterocycles. The first-order valence-electron chi connectivity index (χ1n) is 9.77. The molecule has 7 nitrogen and oxygen atoms in total. The number of hydrogen-bond donors (Lipinski definition) is 1. The average Bonchev–Trinajstić information content (AvgIpc) is 3.28. The van der Waals surface area contributed by atoms with E-state index < -0.39 is 0 Å². The average molecular weight is 414 g/mol. The summed E-state index contributed by atoms with van der Waals surface area (Å²) in [6.07, 6.45) is 3.50. The summed E-state index contributed by atoms with van der Waals surface area (Å²) in [6.45, 7) is 2.62. The maximum absolute atomic E-state index is 6.01. The normalized spacial score (nSPS) is 11.3. The monoisotopic (exact) mass is 414 g/mol. The van der Waals surface area contributed by atoms with Gasteiger partial charge in [0, 0.05) is 35.2 Å². The lowest BCUT2D eigenvalue weighted by atomic mass is 10.1. The Balaban J connectivity index is 1.30. The highest BCUT2D eigenvalue weighted by molar-refractivity contribution is 5.97. The maximum atomic E-state index is 6.01. The van der Waals surface area contributed by atoms with Crippen LogP contribution in [-0.4, -0.2) is 16.0 Å². The maximum Gasteiger partial charge on any atom is 0.177 e. The van der Waals surface area contributed by atoms with Crippen LogP contribution in [0.1, 0.15) is 22.5 Å². The van der Waals surface area contributed by atoms with Gasteiger partial charge in [-0.1, -0.05) is 46.2 Å². The molecule has 0 spiro atoms. The molecule has 2 aromatic heterocycles. The Morgan fingerprint density at radius 3 is 2.58 bits per heavy atom. The molecule has 0 fully saturated rings. The molecule has 0 saturated carbocycles. The summed E-state index contributed by atoms with van der Waals surface area (Å²) in [5.74, 6) is 1.55. The molecule has 0 radical (unpaired) electrons. The van der Waals surface area contributed by atoms with Crippen molar-refractivity contribution in [2.24, 2.45) is 10.9 Å². The van der Waals surface area contributed by atoms with E-state index in [9.17, 15) is 0 Å². The molecule has 0 saturated heterocycles. The predicted molar refractivity (Wildman–Crippen MR) is 117 cm³/mol. The first kappa shape index (κ1) is 20.2. The molecular formula is C24H22N4O3. The van der Waals surface area contributed by atoms with Gasteiger partial charge in [-0.2, -0.15) is 0 Å². The van der Waals surface area contributed by atoms with Crippen LogP contribution in [0.4, 0.5) is 0 Å². The van der Waals surface area contributed by atoms with Gasteiger partial charge < -0.3 is 19.8 Å². The van der Waals surface area contributed by atoms with Crippen LogP contribution in [0, 0.1) is 6.92 Å². The minimum Gasteiger partial charge on any atom is -0.489 e. The van der Waals surface area contributed by atoms with Crippen molar-refractivity contribution in [1.82, 2.24) is 10.1 Å². The Hall–Kier alpha value is -4.13. The summed E-state index contributed by atoms with van der Waals surface area (Å²) in [7, 11) is 0. The highest BCUT2D eigenvalue weighted by atomic mass is 16.6. The number of benzene rings is 2. The number of nitrogens with zero attached hydrogens (tertiary/aromatic N) is 3. The van der Waals surface area contributed by atoms with Crippen LogP contribution in [0.25, 0.3) is 11.3 Å². The number of oxime groups is 1. The zero-order valence-corrected chi connectivity index (χ0v) is 17.1. The third kappa shape index (κ3) is 5.48. The standard InChI is InChI=1S/C24H22N4O3/c1-17-4-6-19(7-5-17)23-13-22(31-27-23)16-30-28-24(25)20-8-10-21(11-9-20)29-15-18-3-2-12-26-14-18/h2-14H,15-16H2,1H3,(H2,25,28). The fourth-order valence-corrected chi connectivity index (χ4v) is 2.83. The molecule has 2 N–H and O–H groups in total. The number of rotatable bonds is 8. The van der Waals surface area contributed by atoms with E-state index in [0.717, 1.165) is 28.1 Å². The van der Waals surface area contributed by atoms with Crippen molar-refractivity contribution in [1.29, 1.82) is 0 Å². The van der Waals surface area contributed by atoms with E-state index >= 15 is 0 Å².